The molecule has 4 aromatic rings. The van der Waals surface area contributed by atoms with Crippen LogP contribution in [0.3, 0.4) is 0 Å². The molecular formula is C55H76N4O4-4. The van der Waals surface area contributed by atoms with Gasteiger partial charge in [-0.05, 0) is 139 Å². The van der Waals surface area contributed by atoms with E-state index in [9.17, 15) is 20.4 Å². The average Bonchev–Trinajstić information content (AvgIpc) is 3.30. The largest absolute Gasteiger partial charge is 0.851 e. The van der Waals surface area contributed by atoms with Gasteiger partial charge in [-0.2, -0.15) is 0 Å². The molecule has 8 nitrogen and oxygen atoms in total. The van der Waals surface area contributed by atoms with Crippen molar-refractivity contribution >= 4 is 22.7 Å². The summed E-state index contributed by atoms with van der Waals surface area (Å²) in [5, 5.41) is 53.9. The first kappa shape index (κ1) is 48.4. The number of anilines is 4. The molecule has 8 heteroatoms. The van der Waals surface area contributed by atoms with Crippen LogP contribution in [0.1, 0.15) is 144 Å². The van der Waals surface area contributed by atoms with E-state index in [1.54, 1.807) is 0 Å². The summed E-state index contributed by atoms with van der Waals surface area (Å²) in [7, 11) is 4.20. The Morgan fingerprint density at radius 2 is 0.556 bits per heavy atom. The highest BCUT2D eigenvalue weighted by atomic mass is 16.3. The maximum atomic E-state index is 13.5. The van der Waals surface area contributed by atoms with Gasteiger partial charge in [-0.15, -0.1) is 24.4 Å². The monoisotopic (exact) mass is 857 g/mol. The third kappa shape index (κ3) is 11.8. The molecule has 0 aliphatic heterocycles. The zero-order chi connectivity index (χ0) is 44.9. The second-order valence-electron chi connectivity index (χ2n) is 18.6. The van der Waals surface area contributed by atoms with E-state index < -0.39 is 48.1 Å². The molecule has 0 saturated heterocycles. The van der Waals surface area contributed by atoms with Crippen LogP contribution in [0.5, 0.6) is 0 Å². The topological polar surface area (TPSA) is 105 Å². The van der Waals surface area contributed by atoms with Crippen molar-refractivity contribution in [3.63, 3.8) is 0 Å². The van der Waals surface area contributed by atoms with Gasteiger partial charge in [0, 0.05) is 76.1 Å². The smallest absolute Gasteiger partial charge is 0.0366 e. The fourth-order valence-electron chi connectivity index (χ4n) is 9.85. The van der Waals surface area contributed by atoms with E-state index in [2.05, 4.69) is 110 Å². The Kier molecular flexibility index (Phi) is 18.2. The molecule has 344 valence electrons. The van der Waals surface area contributed by atoms with Crippen molar-refractivity contribution in [1.29, 1.82) is 0 Å². The van der Waals surface area contributed by atoms with Crippen LogP contribution < -0.4 is 40.0 Å². The Labute approximate surface area is 380 Å². The molecule has 6 rings (SSSR count). The van der Waals surface area contributed by atoms with Gasteiger partial charge in [0.25, 0.3) is 0 Å². The summed E-state index contributed by atoms with van der Waals surface area (Å²) in [4.78, 5) is 9.35. The van der Waals surface area contributed by atoms with Gasteiger partial charge in [-0.3, -0.25) is 0 Å². The lowest BCUT2D eigenvalue weighted by Crippen LogP contribution is -2.63. The van der Waals surface area contributed by atoms with Crippen molar-refractivity contribution in [3.05, 3.63) is 119 Å². The molecule has 2 saturated carbocycles. The van der Waals surface area contributed by atoms with Crippen LogP contribution in [0.4, 0.5) is 22.7 Å². The second-order valence-corrected chi connectivity index (χ2v) is 18.6. The third-order valence-corrected chi connectivity index (χ3v) is 14.2. The molecule has 2 aliphatic carbocycles. The second kappa shape index (κ2) is 23.7. The van der Waals surface area contributed by atoms with Crippen molar-refractivity contribution in [2.45, 2.75) is 146 Å². The highest BCUT2D eigenvalue weighted by Crippen LogP contribution is 2.47. The number of nitrogens with zero attached hydrogens (tertiary/aromatic N) is 4. The minimum Gasteiger partial charge on any atom is -0.851 e. The zero-order valence-electron chi connectivity index (χ0n) is 39.3. The average molecular weight is 857 g/mol. The first-order valence-corrected chi connectivity index (χ1v) is 24.6. The summed E-state index contributed by atoms with van der Waals surface area (Å²) >= 11 is 0. The molecule has 0 heterocycles. The fourth-order valence-corrected chi connectivity index (χ4v) is 9.85. The van der Waals surface area contributed by atoms with Gasteiger partial charge in [0.2, 0.25) is 0 Å². The molecule has 63 heavy (non-hydrogen) atoms. The molecule has 2 fully saturated rings. The van der Waals surface area contributed by atoms with Crippen molar-refractivity contribution in [2.24, 2.45) is 0 Å². The van der Waals surface area contributed by atoms with Gasteiger partial charge in [0.05, 0.1) is 0 Å². The summed E-state index contributed by atoms with van der Waals surface area (Å²) in [6.45, 7) is 14.8. The Balaban J connectivity index is 0.908. The quantitative estimate of drug-likeness (QED) is 0.0588. The molecule has 0 radical (unpaired) electrons. The number of hydrogen-bond acceptors (Lipinski definition) is 8. The van der Waals surface area contributed by atoms with Crippen LogP contribution in [0.25, 0.3) is 0 Å². The third-order valence-electron chi connectivity index (χ3n) is 14.2. The molecular weight excluding hydrogens is 781 g/mol. The lowest BCUT2D eigenvalue weighted by molar-refractivity contribution is -0.536. The molecule has 4 atom stereocenters. The highest BCUT2D eigenvalue weighted by molar-refractivity contribution is 5.53. The van der Waals surface area contributed by atoms with Crippen molar-refractivity contribution in [3.8, 4) is 0 Å². The minimum absolute atomic E-state index is 0.500. The number of unbranched alkanes of at least 4 members (excludes halogenated alkanes) is 6. The Morgan fingerprint density at radius 1 is 0.317 bits per heavy atom. The summed E-state index contributed by atoms with van der Waals surface area (Å²) in [6.07, 6.45) is 8.68. The predicted molar refractivity (Wildman–Crippen MR) is 256 cm³/mol. The van der Waals surface area contributed by atoms with Crippen LogP contribution in [0.15, 0.2) is 97.1 Å². The van der Waals surface area contributed by atoms with E-state index in [0.717, 1.165) is 144 Å². The summed E-state index contributed by atoms with van der Waals surface area (Å²) < 4.78 is 0. The van der Waals surface area contributed by atoms with Crippen LogP contribution in [0, 0.1) is 0 Å². The molecule has 0 N–H and O–H groups in total. The Bertz CT molecular complexity index is 1730. The van der Waals surface area contributed by atoms with E-state index in [1.807, 2.05) is 48.5 Å². The Hall–Kier alpha value is -4.08. The summed E-state index contributed by atoms with van der Waals surface area (Å²) in [5.41, 5.74) is 7.99. The molecule has 0 aromatic heterocycles. The molecule has 0 spiro atoms. The van der Waals surface area contributed by atoms with E-state index in [1.165, 1.54) is 11.4 Å². The fraction of sp³-hybridized carbons (Fsp3) is 0.564. The predicted octanol–water partition coefficient (Wildman–Crippen LogP) is 7.92. The lowest BCUT2D eigenvalue weighted by Gasteiger charge is -2.61. The van der Waals surface area contributed by atoms with Gasteiger partial charge >= 0.3 is 0 Å². The van der Waals surface area contributed by atoms with Crippen LogP contribution in [-0.4, -0.2) is 77.8 Å². The zero-order valence-corrected chi connectivity index (χ0v) is 39.3. The first-order chi connectivity index (χ1) is 30.6. The minimum atomic E-state index is -0.934. The van der Waals surface area contributed by atoms with Gasteiger partial charge < -0.3 is 40.0 Å². The van der Waals surface area contributed by atoms with Crippen LogP contribution in [0.2, 0.25) is 0 Å². The van der Waals surface area contributed by atoms with E-state index in [0.29, 0.717) is 0 Å². The van der Waals surface area contributed by atoms with Gasteiger partial charge in [-0.1, -0.05) is 102 Å². The van der Waals surface area contributed by atoms with Gasteiger partial charge in [-0.25, -0.2) is 0 Å². The van der Waals surface area contributed by atoms with E-state index >= 15 is 0 Å². The SMILES string of the molecule is CCCCN(CCCC)c1ccc(C2C([O-])C(c3ccc(N(C)CCCCCN(C)c4ccc(C5C([O-])C(c6ccc(N(CCCC)CCCC)cc6)C5[O-])cc4)cc3)C2[O-])cc1. The van der Waals surface area contributed by atoms with Crippen molar-refractivity contribution in [1.82, 2.24) is 0 Å². The van der Waals surface area contributed by atoms with Gasteiger partial charge in [0.15, 0.2) is 0 Å². The normalized spacial score (nSPS) is 22.9. The molecule has 4 unspecified atom stereocenters. The maximum Gasteiger partial charge on any atom is 0.0366 e. The first-order valence-electron chi connectivity index (χ1n) is 24.6. The highest BCUT2D eigenvalue weighted by Gasteiger charge is 2.39. The van der Waals surface area contributed by atoms with E-state index in [4.69, 9.17) is 0 Å². The summed E-state index contributed by atoms with van der Waals surface area (Å²) in [6, 6.07) is 32.6. The van der Waals surface area contributed by atoms with E-state index in [-0.39, 0.29) is 0 Å². The summed E-state index contributed by atoms with van der Waals surface area (Å²) in [5.74, 6) is -2.03. The maximum absolute atomic E-state index is 13.5. The standard InChI is InChI=1S/C55H76N4O4/c1-7-11-36-58(37-12-8-2)46-30-22-42(23-31-46)50-52(60)48(53(50)61)40-18-26-44(27-19-40)56(5)34-16-15-17-35-57(6)45-28-20-41(21-29-45)49-54(62)51(55(49)63)43-24-32-47(33-25-43)59(38-13-9-3)39-14-10-4/h18-33,48-55H,7-17,34-39H2,1-6H3/q-4. The molecule has 0 amide bonds. The molecule has 2 aliphatic rings. The van der Waals surface area contributed by atoms with Gasteiger partial charge in [0.1, 0.15) is 0 Å². The van der Waals surface area contributed by atoms with Crippen LogP contribution in [-0.2, 0) is 0 Å². The number of hydrogen-bond donors (Lipinski definition) is 0. The number of benzene rings is 4. The van der Waals surface area contributed by atoms with Crippen molar-refractivity contribution < 1.29 is 20.4 Å². The van der Waals surface area contributed by atoms with Crippen LogP contribution >= 0.6 is 0 Å². The molecule has 4 aromatic carbocycles. The lowest BCUT2D eigenvalue weighted by atomic mass is 9.63. The number of rotatable bonds is 26. The van der Waals surface area contributed by atoms with Crippen molar-refractivity contribution in [2.75, 3.05) is 73.0 Å². The molecule has 0 bridgehead atoms. The Morgan fingerprint density at radius 3 is 0.794 bits per heavy atom.